The third kappa shape index (κ3) is 4.73. The topological polar surface area (TPSA) is 127 Å². The zero-order valence-corrected chi connectivity index (χ0v) is 11.4. The Balaban J connectivity index is 2.77. The highest BCUT2D eigenvalue weighted by Gasteiger charge is 2.34. The Labute approximate surface area is 117 Å². The van der Waals surface area contributed by atoms with Crippen LogP contribution in [0, 0.1) is 11.8 Å². The van der Waals surface area contributed by atoms with E-state index >= 15 is 0 Å². The number of nitrogens with one attached hydrogen (secondary N) is 1. The number of hydrogen-bond donors (Lipinski definition) is 5. The molecule has 0 aliphatic heterocycles. The van der Waals surface area contributed by atoms with E-state index in [4.69, 9.17) is 15.3 Å². The van der Waals surface area contributed by atoms with Crippen molar-refractivity contribution in [1.29, 1.82) is 0 Å². The molecule has 20 heavy (non-hydrogen) atoms. The molecule has 0 heterocycles. The van der Waals surface area contributed by atoms with Crippen LogP contribution in [0.5, 0.6) is 0 Å². The molecule has 1 saturated carbocycles. The number of aliphatic carboxylic acids is 1. The molecule has 0 aromatic rings. The molecule has 1 aliphatic rings. The number of amides is 1. The van der Waals surface area contributed by atoms with Gasteiger partial charge >= 0.3 is 5.97 Å². The van der Waals surface area contributed by atoms with Gasteiger partial charge in [0.15, 0.2) is 0 Å². The summed E-state index contributed by atoms with van der Waals surface area (Å²) in [6.07, 6.45) is 1.16. The van der Waals surface area contributed by atoms with Crippen molar-refractivity contribution in [2.75, 3.05) is 13.2 Å². The first-order valence-corrected chi connectivity index (χ1v) is 6.91. The maximum absolute atomic E-state index is 11.3. The Morgan fingerprint density at radius 3 is 2.35 bits per heavy atom. The van der Waals surface area contributed by atoms with E-state index in [2.05, 4.69) is 5.32 Å². The van der Waals surface area contributed by atoms with Crippen molar-refractivity contribution in [3.8, 4) is 0 Å². The van der Waals surface area contributed by atoms with Crippen molar-refractivity contribution >= 4 is 11.9 Å². The van der Waals surface area contributed by atoms with Crippen molar-refractivity contribution in [3.63, 3.8) is 0 Å². The van der Waals surface area contributed by atoms with Crippen LogP contribution < -0.4 is 5.32 Å². The summed E-state index contributed by atoms with van der Waals surface area (Å²) >= 11 is 0. The molecule has 5 N–H and O–H groups in total. The number of hydrogen-bond acceptors (Lipinski definition) is 5. The predicted octanol–water partition coefficient (Wildman–Crippen LogP) is -0.902. The molecule has 0 aromatic heterocycles. The fourth-order valence-corrected chi connectivity index (χ4v) is 2.82. The second kappa shape index (κ2) is 8.18. The predicted molar refractivity (Wildman–Crippen MR) is 69.8 cm³/mol. The van der Waals surface area contributed by atoms with Gasteiger partial charge in [-0.05, 0) is 32.1 Å². The zero-order valence-electron chi connectivity index (χ0n) is 11.4. The lowest BCUT2D eigenvalue weighted by Gasteiger charge is -2.29. The molecule has 0 saturated heterocycles. The van der Waals surface area contributed by atoms with E-state index in [9.17, 15) is 14.7 Å². The second-order valence-electron chi connectivity index (χ2n) is 5.27. The molecular formula is C13H23NO6. The van der Waals surface area contributed by atoms with Gasteiger partial charge in [0.25, 0.3) is 0 Å². The molecule has 0 radical (unpaired) electrons. The van der Waals surface area contributed by atoms with Crippen molar-refractivity contribution in [2.45, 2.75) is 44.2 Å². The fourth-order valence-electron chi connectivity index (χ4n) is 2.82. The summed E-state index contributed by atoms with van der Waals surface area (Å²) in [4.78, 5) is 22.4. The van der Waals surface area contributed by atoms with Crippen LogP contribution in [0.1, 0.15) is 32.1 Å². The van der Waals surface area contributed by atoms with Crippen LogP contribution in [0.25, 0.3) is 0 Å². The summed E-state index contributed by atoms with van der Waals surface area (Å²) in [7, 11) is 0. The largest absolute Gasteiger partial charge is 0.481 e. The van der Waals surface area contributed by atoms with E-state index in [1.807, 2.05) is 0 Å². The molecule has 0 bridgehead atoms. The molecule has 7 nitrogen and oxygen atoms in total. The summed E-state index contributed by atoms with van der Waals surface area (Å²) in [5.41, 5.74) is 0. The summed E-state index contributed by atoms with van der Waals surface area (Å²) in [6, 6.07) is -0.374. The van der Waals surface area contributed by atoms with E-state index in [1.54, 1.807) is 0 Å². The number of carboxylic acid groups (broad SMARTS) is 1. The lowest BCUT2D eigenvalue weighted by Crippen LogP contribution is -2.45. The van der Waals surface area contributed by atoms with Gasteiger partial charge in [-0.15, -0.1) is 0 Å². The van der Waals surface area contributed by atoms with Crippen molar-refractivity contribution in [3.05, 3.63) is 0 Å². The first kappa shape index (κ1) is 16.9. The van der Waals surface area contributed by atoms with Crippen LogP contribution in [-0.4, -0.2) is 57.7 Å². The standard InChI is InChI=1S/C13H23NO6/c15-6-5-11(17)9-3-1-8(13(19)20)2-4-10(9)14-12(18)7-16/h8-11,15-17H,1-7H2,(H,14,18)(H,19,20)/t8-,9-,10-,11-/m1/s1. The summed E-state index contributed by atoms with van der Waals surface area (Å²) in [6.45, 7) is -0.803. The highest BCUT2D eigenvalue weighted by atomic mass is 16.4. The van der Waals surface area contributed by atoms with E-state index in [1.165, 1.54) is 0 Å². The Kier molecular flexibility index (Phi) is 6.90. The first-order valence-electron chi connectivity index (χ1n) is 6.91. The van der Waals surface area contributed by atoms with Crippen LogP contribution in [-0.2, 0) is 9.59 Å². The number of carboxylic acids is 1. The minimum Gasteiger partial charge on any atom is -0.481 e. The lowest BCUT2D eigenvalue weighted by atomic mass is 9.87. The van der Waals surface area contributed by atoms with Gasteiger partial charge in [-0.1, -0.05) is 0 Å². The molecule has 1 aliphatic carbocycles. The Morgan fingerprint density at radius 2 is 1.80 bits per heavy atom. The summed E-state index contributed by atoms with van der Waals surface area (Å²) < 4.78 is 0. The van der Waals surface area contributed by atoms with Crippen molar-refractivity contribution < 1.29 is 30.0 Å². The quantitative estimate of drug-likeness (QED) is 0.403. The molecule has 1 fully saturated rings. The second-order valence-corrected chi connectivity index (χ2v) is 5.27. The third-order valence-corrected chi connectivity index (χ3v) is 3.95. The molecule has 1 rings (SSSR count). The van der Waals surface area contributed by atoms with Gasteiger partial charge < -0.3 is 25.7 Å². The Hall–Kier alpha value is -1.18. The number of aliphatic hydroxyl groups is 3. The van der Waals surface area contributed by atoms with Gasteiger partial charge in [0.05, 0.1) is 12.0 Å². The maximum atomic E-state index is 11.3. The molecule has 116 valence electrons. The fraction of sp³-hybridized carbons (Fsp3) is 0.846. The average molecular weight is 289 g/mol. The Morgan fingerprint density at radius 1 is 1.15 bits per heavy atom. The molecule has 0 spiro atoms. The van der Waals surface area contributed by atoms with Crippen molar-refractivity contribution in [1.82, 2.24) is 5.32 Å². The summed E-state index contributed by atoms with van der Waals surface area (Å²) in [5, 5.41) is 39.5. The van der Waals surface area contributed by atoms with Gasteiger partial charge in [0.2, 0.25) is 5.91 Å². The van der Waals surface area contributed by atoms with Gasteiger partial charge in [-0.25, -0.2) is 0 Å². The Bertz CT molecular complexity index is 335. The first-order chi connectivity index (χ1) is 9.49. The van der Waals surface area contributed by atoms with Crippen LogP contribution >= 0.6 is 0 Å². The molecule has 1 amide bonds. The molecular weight excluding hydrogens is 266 g/mol. The number of rotatable bonds is 6. The average Bonchev–Trinajstić information content (AvgIpc) is 2.61. The van der Waals surface area contributed by atoms with Gasteiger partial charge in [0.1, 0.15) is 6.61 Å². The number of carbonyl (C=O) groups is 2. The van der Waals surface area contributed by atoms with Gasteiger partial charge in [-0.2, -0.15) is 0 Å². The normalized spacial score (nSPS) is 28.4. The summed E-state index contributed by atoms with van der Waals surface area (Å²) in [5.74, 6) is -2.18. The maximum Gasteiger partial charge on any atom is 0.306 e. The molecule has 7 heteroatoms. The lowest BCUT2D eigenvalue weighted by molar-refractivity contribution is -0.142. The van der Waals surface area contributed by atoms with E-state index in [-0.39, 0.29) is 25.0 Å². The number of aliphatic hydroxyl groups excluding tert-OH is 3. The smallest absolute Gasteiger partial charge is 0.306 e. The highest BCUT2D eigenvalue weighted by molar-refractivity contribution is 5.77. The molecule has 0 aromatic carbocycles. The molecule has 4 atom stereocenters. The van der Waals surface area contributed by atoms with Crippen LogP contribution in [0.2, 0.25) is 0 Å². The van der Waals surface area contributed by atoms with E-state index < -0.39 is 30.5 Å². The minimum atomic E-state index is -0.866. The van der Waals surface area contributed by atoms with Crippen molar-refractivity contribution in [2.24, 2.45) is 11.8 Å². The SMILES string of the molecule is O=C(CO)N[C@@H]1CC[C@H](C(=O)O)CC[C@H]1[C@H](O)CCO. The minimum absolute atomic E-state index is 0.166. The van der Waals surface area contributed by atoms with E-state index in [0.29, 0.717) is 25.7 Å². The third-order valence-electron chi connectivity index (χ3n) is 3.95. The van der Waals surface area contributed by atoms with Crippen LogP contribution in [0.15, 0.2) is 0 Å². The van der Waals surface area contributed by atoms with E-state index in [0.717, 1.165) is 0 Å². The number of carbonyl (C=O) groups excluding carboxylic acids is 1. The van der Waals surface area contributed by atoms with Crippen LogP contribution in [0.3, 0.4) is 0 Å². The monoisotopic (exact) mass is 289 g/mol. The highest BCUT2D eigenvalue weighted by Crippen LogP contribution is 2.31. The van der Waals surface area contributed by atoms with Gasteiger partial charge in [0, 0.05) is 18.6 Å². The zero-order chi connectivity index (χ0) is 15.1. The van der Waals surface area contributed by atoms with Gasteiger partial charge in [-0.3, -0.25) is 9.59 Å². The van der Waals surface area contributed by atoms with Crippen LogP contribution in [0.4, 0.5) is 0 Å². The molecule has 0 unspecified atom stereocenters.